The van der Waals surface area contributed by atoms with Crippen molar-refractivity contribution in [3.8, 4) is 0 Å². The maximum Gasteiger partial charge on any atom is 0.123 e. The number of hydrazine groups is 1. The summed E-state index contributed by atoms with van der Waals surface area (Å²) in [6.45, 7) is 5.47. The summed E-state index contributed by atoms with van der Waals surface area (Å²) in [5.41, 5.74) is 10.0. The molecule has 0 bridgehead atoms. The topological polar surface area (TPSA) is 47.6 Å². The lowest BCUT2D eigenvalue weighted by molar-refractivity contribution is -0.112. The molecule has 1 saturated heterocycles. The third kappa shape index (κ3) is 8.35. The van der Waals surface area contributed by atoms with Gasteiger partial charge in [0, 0.05) is 24.9 Å². The predicted octanol–water partition coefficient (Wildman–Crippen LogP) is 3.76. The first-order valence-electron chi connectivity index (χ1n) is 11.7. The third-order valence-corrected chi connectivity index (χ3v) is 6.20. The minimum absolute atomic E-state index is 0.289. The van der Waals surface area contributed by atoms with Crippen LogP contribution in [-0.4, -0.2) is 55.9 Å². The van der Waals surface area contributed by atoms with Crippen molar-refractivity contribution in [1.82, 2.24) is 20.7 Å². The number of allylic oxidation sites excluding steroid dienone is 1. The number of piperidine rings is 1. The summed E-state index contributed by atoms with van der Waals surface area (Å²) >= 11 is 0. The average Bonchev–Trinajstić information content (AvgIpc) is 2.85. The van der Waals surface area contributed by atoms with E-state index < -0.39 is 0 Å². The molecule has 3 aliphatic rings. The zero-order valence-electron chi connectivity index (χ0n) is 18.9. The first kappa shape index (κ1) is 23.3. The molecule has 5 heteroatoms. The van der Waals surface area contributed by atoms with Crippen molar-refractivity contribution in [2.75, 3.05) is 39.8 Å². The molecule has 5 nitrogen and oxygen atoms in total. The van der Waals surface area contributed by atoms with E-state index in [4.69, 9.17) is 0 Å². The molecular formula is C26H38N4O. The van der Waals surface area contributed by atoms with Gasteiger partial charge in [-0.15, -0.1) is 0 Å². The van der Waals surface area contributed by atoms with E-state index in [9.17, 15) is 4.79 Å². The van der Waals surface area contributed by atoms with Crippen LogP contribution in [0.4, 0.5) is 0 Å². The van der Waals surface area contributed by atoms with Gasteiger partial charge in [0.1, 0.15) is 6.29 Å². The van der Waals surface area contributed by atoms with Crippen LogP contribution in [0.5, 0.6) is 0 Å². The van der Waals surface area contributed by atoms with Crippen LogP contribution >= 0.6 is 0 Å². The summed E-state index contributed by atoms with van der Waals surface area (Å²) in [6.07, 6.45) is 18.6. The SMILES string of the molecule is CN1CCC/C=C\c2ccccc2CCC1.O=CC1CCN(CC2=CNNC=C2)CC1. The highest BCUT2D eigenvalue weighted by molar-refractivity contribution is 5.54. The second-order valence-electron chi connectivity index (χ2n) is 8.74. The van der Waals surface area contributed by atoms with Gasteiger partial charge in [0.25, 0.3) is 0 Å². The summed E-state index contributed by atoms with van der Waals surface area (Å²) in [5.74, 6) is 0.289. The van der Waals surface area contributed by atoms with Crippen LogP contribution in [0.2, 0.25) is 0 Å². The Labute approximate surface area is 187 Å². The monoisotopic (exact) mass is 422 g/mol. The van der Waals surface area contributed by atoms with Crippen LogP contribution in [0.25, 0.3) is 6.08 Å². The van der Waals surface area contributed by atoms with Gasteiger partial charge in [-0.1, -0.05) is 36.4 Å². The van der Waals surface area contributed by atoms with Gasteiger partial charge < -0.3 is 20.5 Å². The fourth-order valence-electron chi connectivity index (χ4n) is 4.25. The summed E-state index contributed by atoms with van der Waals surface area (Å²) < 4.78 is 0. The molecule has 0 aromatic heterocycles. The molecule has 1 fully saturated rings. The number of nitrogens with zero attached hydrogens (tertiary/aromatic N) is 2. The average molecular weight is 423 g/mol. The quantitative estimate of drug-likeness (QED) is 0.727. The Kier molecular flexibility index (Phi) is 9.87. The Morgan fingerprint density at radius 3 is 2.61 bits per heavy atom. The van der Waals surface area contributed by atoms with Gasteiger partial charge in [-0.2, -0.15) is 0 Å². The number of rotatable bonds is 3. The minimum atomic E-state index is 0.289. The van der Waals surface area contributed by atoms with Gasteiger partial charge in [0.2, 0.25) is 0 Å². The first-order valence-corrected chi connectivity index (χ1v) is 11.7. The molecule has 0 unspecified atom stereocenters. The largest absolute Gasteiger partial charge is 0.309 e. The zero-order chi connectivity index (χ0) is 21.7. The van der Waals surface area contributed by atoms with Crippen molar-refractivity contribution in [3.05, 3.63) is 65.5 Å². The molecule has 3 aliphatic heterocycles. The molecular weight excluding hydrogens is 384 g/mol. The molecule has 3 heterocycles. The zero-order valence-corrected chi connectivity index (χ0v) is 18.9. The number of aldehydes is 1. The van der Waals surface area contributed by atoms with E-state index >= 15 is 0 Å². The van der Waals surface area contributed by atoms with Crippen molar-refractivity contribution >= 4 is 12.4 Å². The van der Waals surface area contributed by atoms with E-state index in [2.05, 4.69) is 70.2 Å². The Balaban J connectivity index is 0.000000176. The van der Waals surface area contributed by atoms with E-state index in [1.54, 1.807) is 0 Å². The molecule has 0 aliphatic carbocycles. The maximum atomic E-state index is 10.6. The molecule has 0 amide bonds. The summed E-state index contributed by atoms with van der Waals surface area (Å²) in [5, 5.41) is 0. The Hall–Kier alpha value is -2.37. The number of likely N-dealkylation sites (tertiary alicyclic amines) is 1. The molecule has 0 radical (unpaired) electrons. The fraction of sp³-hybridized carbons (Fsp3) is 0.500. The van der Waals surface area contributed by atoms with E-state index in [0.717, 1.165) is 38.8 Å². The van der Waals surface area contributed by atoms with Crippen molar-refractivity contribution < 1.29 is 4.79 Å². The number of fused-ring (bicyclic) bond motifs is 1. The highest BCUT2D eigenvalue weighted by Crippen LogP contribution is 2.16. The second-order valence-corrected chi connectivity index (χ2v) is 8.74. The molecule has 0 atom stereocenters. The van der Waals surface area contributed by atoms with Gasteiger partial charge in [-0.05, 0) is 94.5 Å². The minimum Gasteiger partial charge on any atom is -0.309 e. The Morgan fingerprint density at radius 2 is 1.84 bits per heavy atom. The van der Waals surface area contributed by atoms with Crippen molar-refractivity contribution in [2.45, 2.75) is 38.5 Å². The third-order valence-electron chi connectivity index (χ3n) is 6.20. The number of nitrogens with one attached hydrogen (secondary N) is 2. The second kappa shape index (κ2) is 13.1. The summed E-state index contributed by atoms with van der Waals surface area (Å²) in [4.78, 5) is 15.4. The lowest BCUT2D eigenvalue weighted by atomic mass is 9.98. The molecule has 4 rings (SSSR count). The number of benzene rings is 1. The van der Waals surface area contributed by atoms with Gasteiger partial charge in [-0.25, -0.2) is 0 Å². The summed E-state index contributed by atoms with van der Waals surface area (Å²) in [7, 11) is 2.23. The standard InChI is InChI=1S/C15H21N.C11H17N3O/c1-16-12-6-2-3-8-14-9-4-5-10-15(14)11-7-13-16;15-9-10-2-5-14(6-3-10)8-11-1-4-12-13-7-11/h3-5,8-10H,2,6-7,11-13H2,1H3;1,4,7,9-10,12-13H,2-3,5-6,8H2/b8-3-;. The molecule has 1 aromatic rings. The Bertz CT molecular complexity index is 762. The smallest absolute Gasteiger partial charge is 0.123 e. The number of hydrogen-bond acceptors (Lipinski definition) is 5. The molecule has 2 N–H and O–H groups in total. The molecule has 0 saturated carbocycles. The first-order chi connectivity index (χ1) is 15.2. The molecule has 1 aromatic carbocycles. The normalized spacial score (nSPS) is 21.8. The highest BCUT2D eigenvalue weighted by atomic mass is 16.1. The lowest BCUT2D eigenvalue weighted by Crippen LogP contribution is -2.36. The van der Waals surface area contributed by atoms with E-state index in [-0.39, 0.29) is 5.92 Å². The summed E-state index contributed by atoms with van der Waals surface area (Å²) in [6, 6.07) is 8.77. The van der Waals surface area contributed by atoms with Crippen LogP contribution in [0.1, 0.15) is 43.2 Å². The maximum absolute atomic E-state index is 10.6. The number of carbonyl (C=O) groups is 1. The van der Waals surface area contributed by atoms with Gasteiger partial charge in [0.05, 0.1) is 0 Å². The van der Waals surface area contributed by atoms with E-state index in [1.165, 1.54) is 55.5 Å². The van der Waals surface area contributed by atoms with E-state index in [1.807, 2.05) is 12.4 Å². The number of aryl methyl sites for hydroxylation is 1. The number of carbonyl (C=O) groups excluding carboxylic acids is 1. The van der Waals surface area contributed by atoms with Crippen LogP contribution in [-0.2, 0) is 11.2 Å². The number of hydrogen-bond donors (Lipinski definition) is 2. The van der Waals surface area contributed by atoms with Crippen LogP contribution in [0, 0.1) is 5.92 Å². The Morgan fingerprint density at radius 1 is 1.03 bits per heavy atom. The predicted molar refractivity (Wildman–Crippen MR) is 129 cm³/mol. The van der Waals surface area contributed by atoms with Crippen molar-refractivity contribution in [3.63, 3.8) is 0 Å². The van der Waals surface area contributed by atoms with Crippen molar-refractivity contribution in [1.29, 1.82) is 0 Å². The van der Waals surface area contributed by atoms with E-state index in [0.29, 0.717) is 0 Å². The van der Waals surface area contributed by atoms with Crippen molar-refractivity contribution in [2.24, 2.45) is 5.92 Å². The van der Waals surface area contributed by atoms with Crippen LogP contribution in [0.15, 0.2) is 54.4 Å². The van der Waals surface area contributed by atoms with Gasteiger partial charge in [-0.3, -0.25) is 4.90 Å². The van der Waals surface area contributed by atoms with Gasteiger partial charge >= 0.3 is 0 Å². The molecule has 168 valence electrons. The van der Waals surface area contributed by atoms with Crippen LogP contribution in [0.3, 0.4) is 0 Å². The fourth-order valence-corrected chi connectivity index (χ4v) is 4.25. The molecule has 31 heavy (non-hydrogen) atoms. The highest BCUT2D eigenvalue weighted by Gasteiger charge is 2.18. The lowest BCUT2D eigenvalue weighted by Gasteiger charge is -2.30. The van der Waals surface area contributed by atoms with Crippen LogP contribution < -0.4 is 10.9 Å². The van der Waals surface area contributed by atoms with Gasteiger partial charge in [0.15, 0.2) is 0 Å². The molecule has 0 spiro atoms.